The van der Waals surface area contributed by atoms with Crippen LogP contribution in [0.15, 0.2) is 35.3 Å². The Morgan fingerprint density at radius 1 is 1.12 bits per heavy atom. The quantitative estimate of drug-likeness (QED) is 0.640. The number of aromatic nitrogens is 3. The standard InChI is InChI=1S/C14H5F5N4O/c15-9-4-11(10(16)3-7(9)5-20)23-13(24)22-6-8(14(17,18)19)1-2-12(22)21-23/h1-4,6H. The largest absolute Gasteiger partial charge is 0.417 e. The van der Waals surface area contributed by atoms with E-state index in [-0.39, 0.29) is 5.65 Å². The number of benzene rings is 1. The highest BCUT2D eigenvalue weighted by atomic mass is 19.4. The van der Waals surface area contributed by atoms with Gasteiger partial charge in [-0.15, -0.1) is 5.10 Å². The van der Waals surface area contributed by atoms with Crippen LogP contribution in [0.25, 0.3) is 11.3 Å². The molecule has 0 atom stereocenters. The fourth-order valence-corrected chi connectivity index (χ4v) is 2.08. The number of hydrogen-bond donors (Lipinski definition) is 0. The summed E-state index contributed by atoms with van der Waals surface area (Å²) in [5.41, 5.74) is -3.58. The molecule has 0 aliphatic rings. The molecule has 3 aromatic rings. The number of nitrogens with zero attached hydrogens (tertiary/aromatic N) is 4. The number of halogens is 5. The fraction of sp³-hybridized carbons (Fsp3) is 0.0714. The summed E-state index contributed by atoms with van der Waals surface area (Å²) in [4.78, 5) is 12.2. The van der Waals surface area contributed by atoms with Gasteiger partial charge in [0.05, 0.1) is 11.1 Å². The van der Waals surface area contributed by atoms with Gasteiger partial charge in [0.2, 0.25) is 0 Å². The number of rotatable bonds is 1. The number of alkyl halides is 3. The monoisotopic (exact) mass is 340 g/mol. The van der Waals surface area contributed by atoms with E-state index < -0.39 is 40.3 Å². The van der Waals surface area contributed by atoms with Gasteiger partial charge in [-0.2, -0.15) is 23.1 Å². The first kappa shape index (κ1) is 15.7. The van der Waals surface area contributed by atoms with E-state index in [0.29, 0.717) is 33.5 Å². The zero-order valence-electron chi connectivity index (χ0n) is 11.5. The number of fused-ring (bicyclic) bond motifs is 1. The highest BCUT2D eigenvalue weighted by Crippen LogP contribution is 2.28. The molecule has 0 saturated carbocycles. The molecule has 3 rings (SSSR count). The van der Waals surface area contributed by atoms with Crippen molar-refractivity contribution in [1.82, 2.24) is 14.2 Å². The number of nitriles is 1. The van der Waals surface area contributed by atoms with Crippen LogP contribution < -0.4 is 5.69 Å². The summed E-state index contributed by atoms with van der Waals surface area (Å²) in [5, 5.41) is 12.3. The van der Waals surface area contributed by atoms with Gasteiger partial charge in [0.15, 0.2) is 11.5 Å². The molecular formula is C14H5F5N4O. The molecule has 10 heteroatoms. The molecule has 0 fully saturated rings. The van der Waals surface area contributed by atoms with E-state index in [2.05, 4.69) is 5.10 Å². The molecule has 2 heterocycles. The van der Waals surface area contributed by atoms with Crippen LogP contribution >= 0.6 is 0 Å². The second-order valence-electron chi connectivity index (χ2n) is 4.73. The Bertz CT molecular complexity index is 1060. The first-order valence-corrected chi connectivity index (χ1v) is 6.30. The maximum Gasteiger partial charge on any atom is 0.417 e. The van der Waals surface area contributed by atoms with Gasteiger partial charge < -0.3 is 0 Å². The summed E-state index contributed by atoms with van der Waals surface area (Å²) in [6, 6.07) is 4.21. The topological polar surface area (TPSA) is 63.1 Å². The molecule has 1 aromatic carbocycles. The van der Waals surface area contributed by atoms with E-state index in [9.17, 15) is 26.7 Å². The van der Waals surface area contributed by atoms with Crippen molar-refractivity contribution in [3.8, 4) is 11.8 Å². The minimum absolute atomic E-state index is 0.183. The lowest BCUT2D eigenvalue weighted by molar-refractivity contribution is -0.137. The van der Waals surface area contributed by atoms with Gasteiger partial charge in [-0.1, -0.05) is 0 Å². The molecule has 2 aromatic heterocycles. The Labute approximate surface area is 129 Å². The average molecular weight is 340 g/mol. The Hall–Kier alpha value is -3.22. The lowest BCUT2D eigenvalue weighted by Gasteiger charge is -2.05. The molecule has 24 heavy (non-hydrogen) atoms. The first-order valence-electron chi connectivity index (χ1n) is 6.30. The van der Waals surface area contributed by atoms with Crippen LogP contribution in [0, 0.1) is 23.0 Å². The third-order valence-electron chi connectivity index (χ3n) is 3.23. The van der Waals surface area contributed by atoms with Crippen molar-refractivity contribution in [2.75, 3.05) is 0 Å². The zero-order chi connectivity index (χ0) is 17.6. The molecular weight excluding hydrogens is 335 g/mol. The predicted octanol–water partition coefficient (Wildman–Crippen LogP) is 2.65. The molecule has 0 amide bonds. The normalized spacial score (nSPS) is 11.7. The Morgan fingerprint density at radius 3 is 2.46 bits per heavy atom. The van der Waals surface area contributed by atoms with Crippen molar-refractivity contribution in [2.24, 2.45) is 0 Å². The van der Waals surface area contributed by atoms with Crippen molar-refractivity contribution < 1.29 is 22.0 Å². The van der Waals surface area contributed by atoms with Crippen LogP contribution in [0.2, 0.25) is 0 Å². The summed E-state index contributed by atoms with van der Waals surface area (Å²) in [7, 11) is 0. The van der Waals surface area contributed by atoms with Gasteiger partial charge in [0.1, 0.15) is 17.6 Å². The molecule has 0 bridgehead atoms. The lowest BCUT2D eigenvalue weighted by atomic mass is 10.2. The van der Waals surface area contributed by atoms with E-state index >= 15 is 0 Å². The van der Waals surface area contributed by atoms with Gasteiger partial charge in [0, 0.05) is 12.3 Å². The van der Waals surface area contributed by atoms with Crippen LogP contribution in [0.5, 0.6) is 0 Å². The van der Waals surface area contributed by atoms with Crippen molar-refractivity contribution >= 4 is 5.65 Å². The summed E-state index contributed by atoms with van der Waals surface area (Å²) in [6.45, 7) is 0. The predicted molar refractivity (Wildman–Crippen MR) is 70.4 cm³/mol. The Kier molecular flexibility index (Phi) is 3.37. The summed E-state index contributed by atoms with van der Waals surface area (Å²) >= 11 is 0. The maximum atomic E-state index is 14.0. The number of pyridine rings is 1. The molecule has 5 nitrogen and oxygen atoms in total. The van der Waals surface area contributed by atoms with Crippen LogP contribution in [0.4, 0.5) is 22.0 Å². The van der Waals surface area contributed by atoms with Crippen molar-refractivity contribution in [1.29, 1.82) is 5.26 Å². The average Bonchev–Trinajstić information content (AvgIpc) is 2.85. The highest BCUT2D eigenvalue weighted by molar-refractivity contribution is 5.45. The van der Waals surface area contributed by atoms with E-state index in [1.165, 1.54) is 6.07 Å². The van der Waals surface area contributed by atoms with E-state index in [1.807, 2.05) is 0 Å². The maximum absolute atomic E-state index is 14.0. The van der Waals surface area contributed by atoms with Crippen LogP contribution in [0.3, 0.4) is 0 Å². The highest BCUT2D eigenvalue weighted by Gasteiger charge is 2.31. The summed E-state index contributed by atoms with van der Waals surface area (Å²) in [6.07, 6.45) is -4.17. The van der Waals surface area contributed by atoms with Crippen LogP contribution in [0.1, 0.15) is 11.1 Å². The Balaban J connectivity index is 2.26. The molecule has 122 valence electrons. The fourth-order valence-electron chi connectivity index (χ4n) is 2.08. The minimum Gasteiger partial charge on any atom is -0.249 e. The van der Waals surface area contributed by atoms with Crippen molar-refractivity contribution in [2.45, 2.75) is 6.18 Å². The molecule has 0 radical (unpaired) electrons. The van der Waals surface area contributed by atoms with Crippen LogP contribution in [-0.4, -0.2) is 14.2 Å². The lowest BCUT2D eigenvalue weighted by Crippen LogP contribution is -2.21. The minimum atomic E-state index is -4.68. The second-order valence-corrected chi connectivity index (χ2v) is 4.73. The van der Waals surface area contributed by atoms with E-state index in [4.69, 9.17) is 5.26 Å². The van der Waals surface area contributed by atoms with Crippen molar-refractivity contribution in [3.05, 3.63) is 63.7 Å². The molecule has 0 aliphatic carbocycles. The van der Waals surface area contributed by atoms with E-state index in [1.54, 1.807) is 0 Å². The molecule has 0 unspecified atom stereocenters. The van der Waals surface area contributed by atoms with E-state index in [0.717, 1.165) is 6.07 Å². The third-order valence-corrected chi connectivity index (χ3v) is 3.23. The van der Waals surface area contributed by atoms with Gasteiger partial charge in [-0.05, 0) is 18.2 Å². The van der Waals surface area contributed by atoms with Gasteiger partial charge in [-0.25, -0.2) is 18.0 Å². The molecule has 0 saturated heterocycles. The smallest absolute Gasteiger partial charge is 0.249 e. The van der Waals surface area contributed by atoms with Crippen molar-refractivity contribution in [3.63, 3.8) is 0 Å². The molecule has 0 N–H and O–H groups in total. The number of hydrogen-bond acceptors (Lipinski definition) is 3. The first-order chi connectivity index (χ1) is 11.2. The molecule has 0 spiro atoms. The second kappa shape index (κ2) is 5.16. The summed E-state index contributed by atoms with van der Waals surface area (Å²) < 4.78 is 66.7. The van der Waals surface area contributed by atoms with Gasteiger partial charge in [0.25, 0.3) is 0 Å². The Morgan fingerprint density at radius 2 is 1.83 bits per heavy atom. The summed E-state index contributed by atoms with van der Waals surface area (Å²) in [5.74, 6) is -2.21. The van der Waals surface area contributed by atoms with Gasteiger partial charge >= 0.3 is 11.9 Å². The zero-order valence-corrected chi connectivity index (χ0v) is 11.5. The molecule has 0 aliphatic heterocycles. The van der Waals surface area contributed by atoms with Gasteiger partial charge in [-0.3, -0.25) is 0 Å². The third kappa shape index (κ3) is 2.40. The van der Waals surface area contributed by atoms with Crippen LogP contribution in [-0.2, 0) is 6.18 Å². The SMILES string of the molecule is N#Cc1cc(F)c(-n2nc3ccc(C(F)(F)F)cn3c2=O)cc1F.